The van der Waals surface area contributed by atoms with Crippen LogP contribution < -0.4 is 25.2 Å². The molecule has 4 aromatic carbocycles. The summed E-state index contributed by atoms with van der Waals surface area (Å²) in [5, 5.41) is 6.47. The molecule has 0 aliphatic heterocycles. The van der Waals surface area contributed by atoms with E-state index in [9.17, 15) is 9.59 Å². The summed E-state index contributed by atoms with van der Waals surface area (Å²) in [5.41, 5.74) is 4.56. The summed E-state index contributed by atoms with van der Waals surface area (Å²) in [6, 6.07) is 33.2. The molecule has 0 bridgehead atoms. The molecule has 2 N–H and O–H groups in total. The first-order valence-corrected chi connectivity index (χ1v) is 15.4. The molecule has 0 saturated carbocycles. The number of nitrogens with one attached hydrogen (secondary N) is 2. The Bertz CT molecular complexity index is 1760. The standard InChI is InChI=1S/C37H39N7O3.2H2S/c1-26-15-17-29(18-16-26)43(2)34(45)32(23-27-11-7-5-8-12-27)40-36-38-25-39-37(42-36)41-33(24-28-13-9-6-10-14-28)35(46)44(3)30-19-21-31(47-4)22-20-30;;/h5-22,25,32-33H,23-24H2,1-4H3,(H2,38,39,40,41,42);2*1H2/t32-,33-;;/m0../s1. The minimum absolute atomic E-state index is 0. The van der Waals surface area contributed by atoms with E-state index in [-0.39, 0.29) is 50.7 Å². The minimum Gasteiger partial charge on any atom is -0.497 e. The molecule has 0 radical (unpaired) electrons. The lowest BCUT2D eigenvalue weighted by Gasteiger charge is -2.26. The van der Waals surface area contributed by atoms with Crippen LogP contribution in [0.25, 0.3) is 0 Å². The smallest absolute Gasteiger partial charge is 0.249 e. The molecule has 12 heteroatoms. The number of hydrogen-bond donors (Lipinski definition) is 2. The molecule has 10 nitrogen and oxygen atoms in total. The van der Waals surface area contributed by atoms with Gasteiger partial charge in [-0.15, -0.1) is 0 Å². The maximum absolute atomic E-state index is 13.9. The number of likely N-dealkylation sites (N-methyl/N-ethyl adjacent to an activating group) is 2. The zero-order valence-corrected chi connectivity index (χ0v) is 30.0. The largest absolute Gasteiger partial charge is 0.497 e. The van der Waals surface area contributed by atoms with Gasteiger partial charge in [-0.2, -0.15) is 32.0 Å². The number of amides is 2. The van der Waals surface area contributed by atoms with E-state index in [4.69, 9.17) is 4.74 Å². The predicted molar refractivity (Wildman–Crippen MR) is 207 cm³/mol. The van der Waals surface area contributed by atoms with Crippen molar-refractivity contribution in [2.24, 2.45) is 0 Å². The second kappa shape index (κ2) is 18.5. The summed E-state index contributed by atoms with van der Waals surface area (Å²) in [6.45, 7) is 2.01. The summed E-state index contributed by atoms with van der Waals surface area (Å²) in [4.78, 5) is 44.2. The van der Waals surface area contributed by atoms with Crippen molar-refractivity contribution in [1.29, 1.82) is 0 Å². The molecule has 0 spiro atoms. The van der Waals surface area contributed by atoms with Gasteiger partial charge in [-0.3, -0.25) is 9.59 Å². The van der Waals surface area contributed by atoms with Crippen LogP contribution in [0.4, 0.5) is 23.3 Å². The SMILES string of the molecule is COc1ccc(N(C)C(=O)[C@H](Cc2ccccc2)Nc2ncnc(N[C@@H](Cc3ccccc3)C(=O)N(C)c3ccc(C)cc3)n2)cc1.S.S. The Labute approximate surface area is 301 Å². The number of carbonyl (C=O) groups excluding carboxylic acids is 2. The van der Waals surface area contributed by atoms with Crippen molar-refractivity contribution in [3.63, 3.8) is 0 Å². The number of benzene rings is 4. The second-order valence-corrected chi connectivity index (χ2v) is 11.2. The summed E-state index contributed by atoms with van der Waals surface area (Å²) >= 11 is 0. The lowest BCUT2D eigenvalue weighted by Crippen LogP contribution is -2.43. The first-order valence-electron chi connectivity index (χ1n) is 15.4. The molecule has 2 amide bonds. The van der Waals surface area contributed by atoms with Gasteiger partial charge in [0.25, 0.3) is 0 Å². The van der Waals surface area contributed by atoms with Crippen LogP contribution in [0.5, 0.6) is 5.75 Å². The number of aromatic nitrogens is 3. The van der Waals surface area contributed by atoms with Crippen LogP contribution in [0.1, 0.15) is 16.7 Å². The fraction of sp³-hybridized carbons (Fsp3) is 0.216. The third kappa shape index (κ3) is 10.5. The highest BCUT2D eigenvalue weighted by molar-refractivity contribution is 7.59. The fourth-order valence-electron chi connectivity index (χ4n) is 5.14. The van der Waals surface area contributed by atoms with Gasteiger partial charge in [0.05, 0.1) is 7.11 Å². The minimum atomic E-state index is -0.700. The van der Waals surface area contributed by atoms with Gasteiger partial charge in [-0.05, 0) is 54.4 Å². The Balaban J connectivity index is 0.00000325. The maximum atomic E-state index is 13.9. The molecular weight excluding hydrogens is 655 g/mol. The van der Waals surface area contributed by atoms with Crippen LogP contribution in [-0.2, 0) is 22.4 Å². The van der Waals surface area contributed by atoms with Gasteiger partial charge in [0.15, 0.2) is 0 Å². The summed E-state index contributed by atoms with van der Waals surface area (Å²) < 4.78 is 5.27. The number of hydrogen-bond acceptors (Lipinski definition) is 8. The van der Waals surface area contributed by atoms with E-state index < -0.39 is 12.1 Å². The van der Waals surface area contributed by atoms with Gasteiger partial charge < -0.3 is 25.2 Å². The van der Waals surface area contributed by atoms with E-state index in [2.05, 4.69) is 25.6 Å². The van der Waals surface area contributed by atoms with Crippen LogP contribution in [0, 0.1) is 6.92 Å². The highest BCUT2D eigenvalue weighted by atomic mass is 32.1. The van der Waals surface area contributed by atoms with Crippen LogP contribution in [0.15, 0.2) is 116 Å². The molecule has 256 valence electrons. The van der Waals surface area contributed by atoms with Crippen LogP contribution in [0.2, 0.25) is 0 Å². The van der Waals surface area contributed by atoms with Gasteiger partial charge in [-0.25, -0.2) is 9.97 Å². The molecule has 0 saturated heterocycles. The van der Waals surface area contributed by atoms with E-state index >= 15 is 0 Å². The lowest BCUT2D eigenvalue weighted by atomic mass is 10.0. The van der Waals surface area contributed by atoms with Crippen LogP contribution in [0.3, 0.4) is 0 Å². The lowest BCUT2D eigenvalue weighted by molar-refractivity contribution is -0.119. The molecule has 5 rings (SSSR count). The summed E-state index contributed by atoms with van der Waals surface area (Å²) in [5.74, 6) is 0.797. The molecule has 1 aromatic heterocycles. The van der Waals surface area contributed by atoms with Crippen molar-refractivity contribution in [1.82, 2.24) is 15.0 Å². The third-order valence-electron chi connectivity index (χ3n) is 7.88. The average Bonchev–Trinajstić information content (AvgIpc) is 3.11. The van der Waals surface area contributed by atoms with E-state index in [1.54, 1.807) is 31.0 Å². The van der Waals surface area contributed by atoms with Gasteiger partial charge in [0.1, 0.15) is 24.2 Å². The molecule has 0 unspecified atom stereocenters. The van der Waals surface area contributed by atoms with Crippen molar-refractivity contribution in [2.45, 2.75) is 31.8 Å². The number of aryl methyl sites for hydroxylation is 1. The van der Waals surface area contributed by atoms with Gasteiger partial charge >= 0.3 is 0 Å². The maximum Gasteiger partial charge on any atom is 0.249 e. The third-order valence-corrected chi connectivity index (χ3v) is 7.88. The van der Waals surface area contributed by atoms with Gasteiger partial charge in [0, 0.05) is 38.3 Å². The molecule has 1 heterocycles. The Morgan fingerprint density at radius 2 is 1.06 bits per heavy atom. The van der Waals surface area contributed by atoms with Crippen molar-refractivity contribution in [2.75, 3.05) is 41.6 Å². The topological polar surface area (TPSA) is 113 Å². The van der Waals surface area contributed by atoms with Crippen molar-refractivity contribution < 1.29 is 14.3 Å². The second-order valence-electron chi connectivity index (χ2n) is 11.2. The number of nitrogens with zero attached hydrogens (tertiary/aromatic N) is 5. The Hall–Kier alpha value is -5.07. The molecule has 0 aliphatic rings. The molecule has 0 fully saturated rings. The molecule has 49 heavy (non-hydrogen) atoms. The van der Waals surface area contributed by atoms with Crippen LogP contribution in [-0.4, -0.2) is 60.1 Å². The van der Waals surface area contributed by atoms with Crippen molar-refractivity contribution >= 4 is 62.1 Å². The molecular formula is C37H43N7O3S2. The number of ether oxygens (including phenoxy) is 1. The van der Waals surface area contributed by atoms with Crippen molar-refractivity contribution in [3.05, 3.63) is 132 Å². The Kier molecular flexibility index (Phi) is 14.5. The average molecular weight is 698 g/mol. The first kappa shape index (κ1) is 38.4. The number of anilines is 4. The van der Waals surface area contributed by atoms with E-state index in [1.165, 1.54) is 6.33 Å². The molecule has 2 atom stereocenters. The Morgan fingerprint density at radius 1 is 0.653 bits per heavy atom. The van der Waals surface area contributed by atoms with Crippen molar-refractivity contribution in [3.8, 4) is 5.75 Å². The van der Waals surface area contributed by atoms with E-state index in [0.29, 0.717) is 24.3 Å². The predicted octanol–water partition coefficient (Wildman–Crippen LogP) is 5.79. The quantitative estimate of drug-likeness (QED) is 0.159. The number of methoxy groups -OCH3 is 1. The summed E-state index contributed by atoms with van der Waals surface area (Å²) in [6.07, 6.45) is 2.17. The number of carbonyl (C=O) groups is 2. The van der Waals surface area contributed by atoms with Gasteiger partial charge in [-0.1, -0.05) is 78.4 Å². The Morgan fingerprint density at radius 3 is 1.47 bits per heavy atom. The van der Waals surface area contributed by atoms with Crippen LogP contribution >= 0.6 is 27.0 Å². The zero-order chi connectivity index (χ0) is 33.2. The van der Waals surface area contributed by atoms with Gasteiger partial charge in [0.2, 0.25) is 23.7 Å². The fourth-order valence-corrected chi connectivity index (χ4v) is 5.14. The highest BCUT2D eigenvalue weighted by Gasteiger charge is 2.27. The highest BCUT2D eigenvalue weighted by Crippen LogP contribution is 2.21. The monoisotopic (exact) mass is 697 g/mol. The molecule has 0 aliphatic carbocycles. The summed E-state index contributed by atoms with van der Waals surface area (Å²) in [7, 11) is 5.09. The van der Waals surface area contributed by atoms with E-state index in [0.717, 1.165) is 22.4 Å². The van der Waals surface area contributed by atoms with E-state index in [1.807, 2.05) is 116 Å². The molecule has 5 aromatic rings. The number of rotatable bonds is 13. The zero-order valence-electron chi connectivity index (χ0n) is 28.0. The first-order chi connectivity index (χ1) is 22.8. The normalized spacial score (nSPS) is 11.5.